The first-order valence-corrected chi connectivity index (χ1v) is 17.0. The van der Waals surface area contributed by atoms with Crippen molar-refractivity contribution in [2.24, 2.45) is 0 Å². The van der Waals surface area contributed by atoms with Crippen molar-refractivity contribution in [3.05, 3.63) is 0 Å². The zero-order valence-corrected chi connectivity index (χ0v) is 20.1. The van der Waals surface area contributed by atoms with Gasteiger partial charge in [-0.05, 0) is 0 Å². The van der Waals surface area contributed by atoms with Crippen LogP contribution in [0.3, 0.4) is 0 Å². The van der Waals surface area contributed by atoms with Gasteiger partial charge in [-0.3, -0.25) is 0 Å². The van der Waals surface area contributed by atoms with Crippen LogP contribution in [-0.2, 0) is 44.3 Å². The summed E-state index contributed by atoms with van der Waals surface area (Å²) in [4.78, 5) is 0. The van der Waals surface area contributed by atoms with Crippen molar-refractivity contribution >= 4 is 31.8 Å². The molecule has 0 heterocycles. The van der Waals surface area contributed by atoms with E-state index in [1.165, 1.54) is 71.1 Å². The second kappa shape index (κ2) is 9.97. The second-order valence-electron chi connectivity index (χ2n) is 4.39. The van der Waals surface area contributed by atoms with E-state index in [9.17, 15) is 0 Å². The minimum absolute atomic E-state index is 1.46. The van der Waals surface area contributed by atoms with Gasteiger partial charge in [0.2, 0.25) is 0 Å². The third-order valence-electron chi connectivity index (χ3n) is 4.02. The van der Waals surface area contributed by atoms with E-state index < -0.39 is 31.8 Å². The van der Waals surface area contributed by atoms with Crippen molar-refractivity contribution in [3.63, 3.8) is 0 Å². The highest BCUT2D eigenvalue weighted by Crippen LogP contribution is 2.40. The molecule has 0 rings (SSSR count). The normalized spacial score (nSPS) is 14.2. The molecule has 0 aromatic carbocycles. The fourth-order valence-electron chi connectivity index (χ4n) is 2.98. The predicted octanol–water partition coefficient (Wildman–Crippen LogP) is -0.552. The van der Waals surface area contributed by atoms with E-state index in [2.05, 4.69) is 0 Å². The molecule has 0 saturated carbocycles. The van der Waals surface area contributed by atoms with Gasteiger partial charge in [-0.1, -0.05) is 0 Å². The number of rotatable bonds is 13. The maximum absolute atomic E-state index is 6.05. The van der Waals surface area contributed by atoms with Crippen LogP contribution in [0, 0.1) is 0 Å². The highest BCUT2D eigenvalue weighted by atomic mass is 30.0. The molecule has 0 amide bonds. The van der Waals surface area contributed by atoms with Crippen molar-refractivity contribution < 1.29 is 44.3 Å². The van der Waals surface area contributed by atoms with Crippen LogP contribution in [0.1, 0.15) is 0 Å². The van der Waals surface area contributed by atoms with Crippen LogP contribution in [-0.4, -0.2) is 103 Å². The molecule has 10 nitrogen and oxygen atoms in total. The zero-order chi connectivity index (χ0) is 19.1. The van der Waals surface area contributed by atoms with Crippen molar-refractivity contribution in [1.82, 2.24) is 0 Å². The third-order valence-corrected chi connectivity index (χ3v) is 43.7. The molecule has 0 spiro atoms. The van der Waals surface area contributed by atoms with E-state index in [4.69, 9.17) is 44.3 Å². The van der Waals surface area contributed by atoms with Crippen molar-refractivity contribution in [2.45, 2.75) is 0 Å². The Morgan fingerprint density at radius 1 is 0.292 bits per heavy atom. The first-order valence-electron chi connectivity index (χ1n) is 6.87. The van der Waals surface area contributed by atoms with Gasteiger partial charge in [0.25, 0.3) is 0 Å². The van der Waals surface area contributed by atoms with Gasteiger partial charge in [-0.2, -0.15) is 0 Å². The van der Waals surface area contributed by atoms with Gasteiger partial charge in [0.15, 0.2) is 0 Å². The smallest absolute Gasteiger partial charge is 0.410 e. The second-order valence-corrected chi connectivity index (χ2v) is 29.5. The molecular formula is C10H30O10Si4. The first-order chi connectivity index (χ1) is 11.4. The highest BCUT2D eigenvalue weighted by molar-refractivity contribution is 7.80. The maximum atomic E-state index is 6.05. The van der Waals surface area contributed by atoms with E-state index in [1.54, 1.807) is 0 Å². The molecule has 0 aromatic rings. The lowest BCUT2D eigenvalue weighted by molar-refractivity contribution is 0.0993. The molecule has 0 bridgehead atoms. The van der Waals surface area contributed by atoms with Crippen LogP contribution in [0.15, 0.2) is 0 Å². The molecule has 0 aliphatic heterocycles. The number of hydrogen-bond donors (Lipinski definition) is 0. The average Bonchev–Trinajstić information content (AvgIpc) is 2.65. The Hall–Kier alpha value is 0.468. The quantitative estimate of drug-likeness (QED) is 0.360. The molecule has 0 aliphatic rings. The summed E-state index contributed by atoms with van der Waals surface area (Å²) in [6.07, 6.45) is 0. The fourth-order valence-corrected chi connectivity index (χ4v) is 49.0. The third kappa shape index (κ3) is 3.14. The Bertz CT molecular complexity index is 286. The van der Waals surface area contributed by atoms with Gasteiger partial charge in [-0.25, -0.2) is 0 Å². The molecule has 14 heteroatoms. The summed E-state index contributed by atoms with van der Waals surface area (Å²) in [6.45, 7) is -3.69. The van der Waals surface area contributed by atoms with E-state index in [0.717, 1.165) is 0 Å². The minimum Gasteiger partial charge on any atom is -0.410 e. The van der Waals surface area contributed by atoms with Crippen molar-refractivity contribution in [2.75, 3.05) is 71.1 Å². The van der Waals surface area contributed by atoms with E-state index in [1.807, 2.05) is 0 Å². The van der Waals surface area contributed by atoms with E-state index in [-0.39, 0.29) is 0 Å². The van der Waals surface area contributed by atoms with Gasteiger partial charge < -0.3 is 44.3 Å². The van der Waals surface area contributed by atoms with Crippen molar-refractivity contribution in [3.8, 4) is 0 Å². The molecule has 24 heavy (non-hydrogen) atoms. The summed E-state index contributed by atoms with van der Waals surface area (Å²) in [6, 6.07) is 0. The van der Waals surface area contributed by atoms with Crippen LogP contribution in [0.2, 0.25) is 0 Å². The Kier molecular flexibility index (Phi) is 10.2. The largest absolute Gasteiger partial charge is 0.514 e. The monoisotopic (exact) mass is 422 g/mol. The highest BCUT2D eigenvalue weighted by Gasteiger charge is 2.94. The average molecular weight is 423 g/mol. The zero-order valence-electron chi connectivity index (χ0n) is 16.1. The standard InChI is InChI=1S/C10H30O10Si4/c1-11-21(12-2,13-3)24(20-10,22(14-4,15-5)16-6)23(17-7,18-8)19-9/h1-10H3. The fraction of sp³-hybridized carbons (Fsp3) is 1.00. The molecule has 0 saturated heterocycles. The number of hydrogen-bond acceptors (Lipinski definition) is 10. The molecule has 0 atom stereocenters. The molecular weight excluding hydrogens is 392 g/mol. The van der Waals surface area contributed by atoms with Crippen LogP contribution in [0.4, 0.5) is 0 Å². The topological polar surface area (TPSA) is 92.3 Å². The maximum Gasteiger partial charge on any atom is 0.514 e. The van der Waals surface area contributed by atoms with Gasteiger partial charge in [0, 0.05) is 71.1 Å². The summed E-state index contributed by atoms with van der Waals surface area (Å²) >= 11 is 0. The summed E-state index contributed by atoms with van der Waals surface area (Å²) in [7, 11) is 3.79. The first kappa shape index (κ1) is 24.5. The molecule has 0 N–H and O–H groups in total. The van der Waals surface area contributed by atoms with Crippen LogP contribution in [0.25, 0.3) is 0 Å². The van der Waals surface area contributed by atoms with Gasteiger partial charge in [0.1, 0.15) is 0 Å². The van der Waals surface area contributed by atoms with Crippen molar-refractivity contribution in [1.29, 1.82) is 0 Å². The van der Waals surface area contributed by atoms with Gasteiger partial charge in [-0.15, -0.1) is 0 Å². The van der Waals surface area contributed by atoms with Gasteiger partial charge in [0.05, 0.1) is 0 Å². The van der Waals surface area contributed by atoms with Gasteiger partial charge >= 0.3 is 31.8 Å². The Morgan fingerprint density at radius 2 is 0.458 bits per heavy atom. The Labute approximate surface area is 147 Å². The summed E-state index contributed by atoms with van der Waals surface area (Å²) < 4.78 is 57.7. The van der Waals surface area contributed by atoms with Crippen LogP contribution >= 0.6 is 0 Å². The van der Waals surface area contributed by atoms with Crippen LogP contribution in [0.5, 0.6) is 0 Å². The summed E-state index contributed by atoms with van der Waals surface area (Å²) in [5, 5.41) is 0. The molecule has 0 unspecified atom stereocenters. The van der Waals surface area contributed by atoms with E-state index in [0.29, 0.717) is 0 Å². The van der Waals surface area contributed by atoms with E-state index >= 15 is 0 Å². The lowest BCUT2D eigenvalue weighted by Gasteiger charge is -2.50. The SMILES string of the molecule is CO[Si](OC)(OC)[Si](OC)([Si](OC)(OC)OC)[Si](OC)(OC)OC. The molecule has 0 radical (unpaired) electrons. The predicted molar refractivity (Wildman–Crippen MR) is 93.1 cm³/mol. The molecule has 146 valence electrons. The molecule has 0 aliphatic carbocycles. The Balaban J connectivity index is 7.11. The lowest BCUT2D eigenvalue weighted by atomic mass is 11.8. The summed E-state index contributed by atoms with van der Waals surface area (Å²) in [5.41, 5.74) is 0. The Morgan fingerprint density at radius 3 is 0.542 bits per heavy atom. The summed E-state index contributed by atoms with van der Waals surface area (Å²) in [5.74, 6) is 0. The lowest BCUT2D eigenvalue weighted by Crippen LogP contribution is -2.95. The molecule has 0 aromatic heterocycles. The molecule has 0 fully saturated rings. The minimum atomic E-state index is -3.69. The van der Waals surface area contributed by atoms with Crippen LogP contribution < -0.4 is 0 Å².